The summed E-state index contributed by atoms with van der Waals surface area (Å²) < 4.78 is 13.6. The molecule has 2 aromatic rings. The van der Waals surface area contributed by atoms with Crippen LogP contribution < -0.4 is 5.32 Å². The van der Waals surface area contributed by atoms with Gasteiger partial charge in [0.15, 0.2) is 0 Å². The molecule has 0 aliphatic rings. The Balaban J connectivity index is 2.35. The molecule has 1 amide bonds. The van der Waals surface area contributed by atoms with Gasteiger partial charge in [0.25, 0.3) is 5.91 Å². The normalized spacial score (nSPS) is 9.90. The van der Waals surface area contributed by atoms with Crippen molar-refractivity contribution < 1.29 is 9.18 Å². The molecule has 0 saturated heterocycles. The summed E-state index contributed by atoms with van der Waals surface area (Å²) in [5.41, 5.74) is 1.21. The molecule has 0 fully saturated rings. The Morgan fingerprint density at radius 2 is 2.05 bits per heavy atom. The molecule has 0 aromatic heterocycles. The van der Waals surface area contributed by atoms with Gasteiger partial charge >= 0.3 is 0 Å². The van der Waals surface area contributed by atoms with Crippen LogP contribution in [-0.2, 0) is 0 Å². The lowest BCUT2D eigenvalue weighted by Crippen LogP contribution is -2.14. The summed E-state index contributed by atoms with van der Waals surface area (Å²) in [7, 11) is 0. The lowest BCUT2D eigenvalue weighted by atomic mass is 10.1. The summed E-state index contributed by atoms with van der Waals surface area (Å²) >= 11 is 5.82. The summed E-state index contributed by atoms with van der Waals surface area (Å²) in [5.74, 6) is -1.24. The van der Waals surface area contributed by atoms with Gasteiger partial charge in [0.05, 0.1) is 16.8 Å². The molecule has 1 N–H and O–H groups in total. The Morgan fingerprint density at radius 1 is 1.30 bits per heavy atom. The van der Waals surface area contributed by atoms with Crippen molar-refractivity contribution in [3.8, 4) is 6.07 Å². The Hall–Kier alpha value is -2.38. The van der Waals surface area contributed by atoms with Crippen LogP contribution in [0, 0.1) is 24.1 Å². The molecule has 0 bridgehead atoms. The minimum Gasteiger partial charge on any atom is -0.321 e. The average Bonchev–Trinajstić information content (AvgIpc) is 2.41. The molecule has 0 unspecified atom stereocenters. The number of aryl methyl sites for hydroxylation is 1. The molecule has 0 heterocycles. The van der Waals surface area contributed by atoms with Crippen molar-refractivity contribution in [2.24, 2.45) is 0 Å². The number of nitrogens with zero attached hydrogens (tertiary/aromatic N) is 1. The Kier molecular flexibility index (Phi) is 4.02. The van der Waals surface area contributed by atoms with Crippen molar-refractivity contribution in [2.75, 3.05) is 5.32 Å². The molecule has 3 nitrogen and oxygen atoms in total. The topological polar surface area (TPSA) is 52.9 Å². The monoisotopic (exact) mass is 288 g/mol. The van der Waals surface area contributed by atoms with E-state index in [4.69, 9.17) is 16.9 Å². The second-order valence-corrected chi connectivity index (χ2v) is 4.68. The van der Waals surface area contributed by atoms with Crippen molar-refractivity contribution in [3.05, 3.63) is 63.9 Å². The van der Waals surface area contributed by atoms with Gasteiger partial charge in [-0.05, 0) is 37.3 Å². The first-order valence-corrected chi connectivity index (χ1v) is 6.16. The number of nitriles is 1. The van der Waals surface area contributed by atoms with Crippen LogP contribution in [0.5, 0.6) is 0 Å². The van der Waals surface area contributed by atoms with E-state index in [-0.39, 0.29) is 16.8 Å². The number of hydrogen-bond acceptors (Lipinski definition) is 2. The third-order valence-electron chi connectivity index (χ3n) is 2.72. The second kappa shape index (κ2) is 5.72. The first kappa shape index (κ1) is 14.0. The zero-order valence-corrected chi connectivity index (χ0v) is 11.3. The molecular formula is C15H10ClFN2O. The van der Waals surface area contributed by atoms with Crippen molar-refractivity contribution in [3.63, 3.8) is 0 Å². The van der Waals surface area contributed by atoms with Crippen LogP contribution in [0.1, 0.15) is 21.5 Å². The number of amides is 1. The van der Waals surface area contributed by atoms with E-state index in [1.54, 1.807) is 19.1 Å². The van der Waals surface area contributed by atoms with Crippen molar-refractivity contribution in [1.29, 1.82) is 5.26 Å². The number of anilines is 1. The van der Waals surface area contributed by atoms with Gasteiger partial charge in [-0.1, -0.05) is 23.2 Å². The number of nitrogens with one attached hydrogen (secondary N) is 1. The number of benzene rings is 2. The maximum atomic E-state index is 13.6. The Bertz CT molecular complexity index is 722. The zero-order valence-electron chi connectivity index (χ0n) is 10.6. The summed E-state index contributed by atoms with van der Waals surface area (Å²) in [4.78, 5) is 12.1. The highest BCUT2D eigenvalue weighted by Gasteiger charge is 2.14. The molecule has 100 valence electrons. The van der Waals surface area contributed by atoms with Crippen LogP contribution in [0.2, 0.25) is 5.02 Å². The number of carbonyl (C=O) groups excluding carboxylic acids is 1. The van der Waals surface area contributed by atoms with Crippen molar-refractivity contribution in [1.82, 2.24) is 0 Å². The van der Waals surface area contributed by atoms with Gasteiger partial charge in [0.1, 0.15) is 11.9 Å². The van der Waals surface area contributed by atoms with Gasteiger partial charge < -0.3 is 5.32 Å². The van der Waals surface area contributed by atoms with Crippen molar-refractivity contribution >= 4 is 23.2 Å². The molecule has 0 saturated carbocycles. The third kappa shape index (κ3) is 2.95. The van der Waals surface area contributed by atoms with Crippen LogP contribution in [-0.4, -0.2) is 5.91 Å². The fraction of sp³-hybridized carbons (Fsp3) is 0.0667. The van der Waals surface area contributed by atoms with E-state index >= 15 is 0 Å². The van der Waals surface area contributed by atoms with Crippen molar-refractivity contribution in [2.45, 2.75) is 6.92 Å². The summed E-state index contributed by atoms with van der Waals surface area (Å²) in [6.07, 6.45) is 0. The molecular weight excluding hydrogens is 279 g/mol. The predicted molar refractivity (Wildman–Crippen MR) is 75.3 cm³/mol. The predicted octanol–water partition coefficient (Wildman–Crippen LogP) is 3.91. The molecule has 5 heteroatoms. The summed E-state index contributed by atoms with van der Waals surface area (Å²) in [6.45, 7) is 1.76. The highest BCUT2D eigenvalue weighted by molar-refractivity contribution is 6.31. The smallest absolute Gasteiger partial charge is 0.258 e. The van der Waals surface area contributed by atoms with Crippen LogP contribution in [0.25, 0.3) is 0 Å². The van der Waals surface area contributed by atoms with Crippen LogP contribution >= 0.6 is 11.6 Å². The fourth-order valence-electron chi connectivity index (χ4n) is 1.72. The summed E-state index contributed by atoms with van der Waals surface area (Å²) in [6, 6.07) is 10.7. The Labute approximate surface area is 120 Å². The Morgan fingerprint density at radius 3 is 2.75 bits per heavy atom. The molecule has 0 radical (unpaired) electrons. The lowest BCUT2D eigenvalue weighted by Gasteiger charge is -2.08. The number of rotatable bonds is 2. The van der Waals surface area contributed by atoms with E-state index in [2.05, 4.69) is 5.32 Å². The van der Waals surface area contributed by atoms with Gasteiger partial charge in [0, 0.05) is 5.02 Å². The molecule has 2 aromatic carbocycles. The number of hydrogen-bond donors (Lipinski definition) is 1. The van der Waals surface area contributed by atoms with E-state index in [1.165, 1.54) is 24.3 Å². The first-order valence-electron chi connectivity index (χ1n) is 5.78. The number of carbonyl (C=O) groups is 1. The molecule has 0 atom stereocenters. The van der Waals surface area contributed by atoms with E-state index < -0.39 is 11.7 Å². The van der Waals surface area contributed by atoms with Crippen LogP contribution in [0.4, 0.5) is 10.1 Å². The standard InChI is InChI=1S/C15H10ClFN2O/c1-9-2-5-13(17)12(6-9)15(20)19-14-7-11(16)4-3-10(14)8-18/h2-7H,1H3,(H,19,20). The maximum Gasteiger partial charge on any atom is 0.258 e. The quantitative estimate of drug-likeness (QED) is 0.911. The van der Waals surface area contributed by atoms with E-state index in [0.717, 1.165) is 5.56 Å². The fourth-order valence-corrected chi connectivity index (χ4v) is 1.89. The van der Waals surface area contributed by atoms with E-state index in [0.29, 0.717) is 5.02 Å². The molecule has 0 aliphatic heterocycles. The highest BCUT2D eigenvalue weighted by atomic mass is 35.5. The molecule has 2 rings (SSSR count). The van der Waals surface area contributed by atoms with Gasteiger partial charge in [-0.3, -0.25) is 4.79 Å². The van der Waals surface area contributed by atoms with Gasteiger partial charge in [-0.15, -0.1) is 0 Å². The van der Waals surface area contributed by atoms with Crippen LogP contribution in [0.15, 0.2) is 36.4 Å². The minimum atomic E-state index is -0.620. The molecule has 0 spiro atoms. The zero-order chi connectivity index (χ0) is 14.7. The average molecular weight is 289 g/mol. The van der Waals surface area contributed by atoms with Crippen LogP contribution in [0.3, 0.4) is 0 Å². The number of halogens is 2. The maximum absolute atomic E-state index is 13.6. The highest BCUT2D eigenvalue weighted by Crippen LogP contribution is 2.21. The first-order chi connectivity index (χ1) is 9.51. The second-order valence-electron chi connectivity index (χ2n) is 4.24. The van der Waals surface area contributed by atoms with Gasteiger partial charge in [-0.2, -0.15) is 5.26 Å². The minimum absolute atomic E-state index is 0.0751. The van der Waals surface area contributed by atoms with E-state index in [9.17, 15) is 9.18 Å². The van der Waals surface area contributed by atoms with Gasteiger partial charge in [-0.25, -0.2) is 4.39 Å². The third-order valence-corrected chi connectivity index (χ3v) is 2.95. The van der Waals surface area contributed by atoms with E-state index in [1.807, 2.05) is 6.07 Å². The SMILES string of the molecule is Cc1ccc(F)c(C(=O)Nc2cc(Cl)ccc2C#N)c1. The molecule has 0 aliphatic carbocycles. The molecule has 20 heavy (non-hydrogen) atoms. The van der Waals surface area contributed by atoms with Gasteiger partial charge in [0.2, 0.25) is 0 Å². The largest absolute Gasteiger partial charge is 0.321 e. The lowest BCUT2D eigenvalue weighted by molar-refractivity contribution is 0.102. The summed E-state index contributed by atoms with van der Waals surface area (Å²) in [5, 5.41) is 11.9.